The number of nitrogens with one attached hydrogen (secondary N) is 1. The monoisotopic (exact) mass is 336 g/mol. The quantitative estimate of drug-likeness (QED) is 0.901. The zero-order valence-corrected chi connectivity index (χ0v) is 13.7. The molecule has 23 heavy (non-hydrogen) atoms. The Hall–Kier alpha value is -2.27. The third kappa shape index (κ3) is 4.36. The van der Waals surface area contributed by atoms with Gasteiger partial charge in [-0.3, -0.25) is 0 Å². The number of halogens is 2. The lowest BCUT2D eigenvalue weighted by Gasteiger charge is -2.19. The summed E-state index contributed by atoms with van der Waals surface area (Å²) >= 11 is 5.98. The van der Waals surface area contributed by atoms with E-state index in [1.807, 2.05) is 24.3 Å². The van der Waals surface area contributed by atoms with E-state index in [1.165, 1.54) is 17.0 Å². The number of benzene rings is 2. The molecular formula is C17H18ClFN2O2. The highest BCUT2D eigenvalue weighted by molar-refractivity contribution is 6.31. The predicted octanol–water partition coefficient (Wildman–Crippen LogP) is 3.83. The van der Waals surface area contributed by atoms with Crippen LogP contribution in [0.15, 0.2) is 42.5 Å². The van der Waals surface area contributed by atoms with Gasteiger partial charge in [-0.1, -0.05) is 35.9 Å². The lowest BCUT2D eigenvalue weighted by Crippen LogP contribution is -2.36. The average molecular weight is 337 g/mol. The summed E-state index contributed by atoms with van der Waals surface area (Å²) in [5.74, 6) is 0.273. The topological polar surface area (TPSA) is 41.6 Å². The van der Waals surface area contributed by atoms with Crippen molar-refractivity contribution >= 4 is 17.6 Å². The first-order chi connectivity index (χ1) is 11.0. The minimum atomic E-state index is -0.429. The van der Waals surface area contributed by atoms with Crippen molar-refractivity contribution < 1.29 is 13.9 Å². The van der Waals surface area contributed by atoms with E-state index in [2.05, 4.69) is 5.32 Å². The molecule has 122 valence electrons. The molecule has 2 amide bonds. The number of ether oxygens (including phenoxy) is 1. The molecule has 0 fully saturated rings. The van der Waals surface area contributed by atoms with Gasteiger partial charge >= 0.3 is 6.03 Å². The molecule has 6 heteroatoms. The summed E-state index contributed by atoms with van der Waals surface area (Å²) in [4.78, 5) is 13.5. The maximum atomic E-state index is 13.8. The fourth-order valence-electron chi connectivity index (χ4n) is 2.15. The summed E-state index contributed by atoms with van der Waals surface area (Å²) in [7, 11) is 3.16. The Bertz CT molecular complexity index is 674. The van der Waals surface area contributed by atoms with Crippen molar-refractivity contribution in [3.63, 3.8) is 0 Å². The number of amides is 2. The van der Waals surface area contributed by atoms with Gasteiger partial charge in [0.1, 0.15) is 11.6 Å². The van der Waals surface area contributed by atoms with Crippen LogP contribution in [0.5, 0.6) is 5.75 Å². The minimum absolute atomic E-state index is 0.0866. The lowest BCUT2D eigenvalue weighted by atomic mass is 10.2. The molecule has 0 aromatic heterocycles. The third-order valence-electron chi connectivity index (χ3n) is 3.43. The number of rotatable bonds is 5. The molecule has 1 N–H and O–H groups in total. The minimum Gasteiger partial charge on any atom is -0.496 e. The number of urea groups is 1. The molecule has 0 radical (unpaired) electrons. The largest absolute Gasteiger partial charge is 0.496 e. The molecule has 0 aliphatic rings. The first kappa shape index (κ1) is 17.1. The van der Waals surface area contributed by atoms with E-state index in [0.29, 0.717) is 22.9 Å². The number of hydrogen-bond donors (Lipinski definition) is 1. The van der Waals surface area contributed by atoms with E-state index in [-0.39, 0.29) is 12.6 Å². The van der Waals surface area contributed by atoms with Crippen molar-refractivity contribution in [1.29, 1.82) is 0 Å². The molecule has 2 aromatic carbocycles. The predicted molar refractivity (Wildman–Crippen MR) is 88.1 cm³/mol. The molecule has 0 aliphatic carbocycles. The van der Waals surface area contributed by atoms with Crippen molar-refractivity contribution in [3.8, 4) is 5.75 Å². The number of nitrogens with zero attached hydrogens (tertiary/aromatic N) is 1. The molecule has 0 spiro atoms. The molecule has 0 saturated carbocycles. The fourth-order valence-corrected chi connectivity index (χ4v) is 2.37. The van der Waals surface area contributed by atoms with Crippen LogP contribution in [0.2, 0.25) is 5.02 Å². The molecule has 2 rings (SSSR count). The zero-order valence-electron chi connectivity index (χ0n) is 13.0. The second kappa shape index (κ2) is 7.83. The first-order valence-electron chi connectivity index (χ1n) is 7.06. The molecule has 0 saturated heterocycles. The van der Waals surface area contributed by atoms with Gasteiger partial charge in [0.25, 0.3) is 0 Å². The standard InChI is InChI=1S/C17H18ClFN2O2/c1-21(11-13-14(18)7-5-8-15(13)19)17(22)20-10-12-6-3-4-9-16(12)23-2/h3-9H,10-11H2,1-2H3,(H,20,22). The summed E-state index contributed by atoms with van der Waals surface area (Å²) in [5, 5.41) is 3.07. The maximum Gasteiger partial charge on any atom is 0.317 e. The summed E-state index contributed by atoms with van der Waals surface area (Å²) in [5.41, 5.74) is 1.16. The van der Waals surface area contributed by atoms with Gasteiger partial charge in [-0.2, -0.15) is 0 Å². The highest BCUT2D eigenvalue weighted by Gasteiger charge is 2.14. The van der Waals surface area contributed by atoms with Crippen molar-refractivity contribution in [3.05, 3.63) is 64.4 Å². The lowest BCUT2D eigenvalue weighted by molar-refractivity contribution is 0.206. The molecule has 4 nitrogen and oxygen atoms in total. The summed E-state index contributed by atoms with van der Waals surface area (Å²) < 4.78 is 19.0. The molecule has 0 atom stereocenters. The molecule has 0 aliphatic heterocycles. The van der Waals surface area contributed by atoms with Crippen LogP contribution in [0.4, 0.5) is 9.18 Å². The Morgan fingerprint density at radius 2 is 2.00 bits per heavy atom. The van der Waals surface area contributed by atoms with Crippen molar-refractivity contribution in [2.24, 2.45) is 0 Å². The zero-order chi connectivity index (χ0) is 16.8. The van der Waals surface area contributed by atoms with Gasteiger partial charge in [0.05, 0.1) is 13.7 Å². The van der Waals surface area contributed by atoms with Crippen LogP contribution in [0, 0.1) is 5.82 Å². The number of methoxy groups -OCH3 is 1. The average Bonchev–Trinajstić information content (AvgIpc) is 2.56. The molecule has 0 unspecified atom stereocenters. The number of hydrogen-bond acceptors (Lipinski definition) is 2. The van der Waals surface area contributed by atoms with Crippen molar-refractivity contribution in [2.45, 2.75) is 13.1 Å². The fraction of sp³-hybridized carbons (Fsp3) is 0.235. The van der Waals surface area contributed by atoms with Gasteiger partial charge in [0.15, 0.2) is 0 Å². The normalized spacial score (nSPS) is 10.3. The van der Waals surface area contributed by atoms with E-state index in [0.717, 1.165) is 5.56 Å². The Labute approximate surface area is 139 Å². The van der Waals surface area contributed by atoms with Crippen LogP contribution in [0.1, 0.15) is 11.1 Å². The second-order valence-electron chi connectivity index (χ2n) is 5.03. The van der Waals surface area contributed by atoms with Gasteiger partial charge in [0.2, 0.25) is 0 Å². The van der Waals surface area contributed by atoms with Crippen molar-refractivity contribution in [2.75, 3.05) is 14.2 Å². The van der Waals surface area contributed by atoms with Gasteiger partial charge in [-0.15, -0.1) is 0 Å². The second-order valence-corrected chi connectivity index (χ2v) is 5.43. The highest BCUT2D eigenvalue weighted by Crippen LogP contribution is 2.20. The third-order valence-corrected chi connectivity index (χ3v) is 3.78. The molecule has 0 heterocycles. The van der Waals surface area contributed by atoms with Crippen LogP contribution in [0.3, 0.4) is 0 Å². The van der Waals surface area contributed by atoms with Crippen LogP contribution in [-0.2, 0) is 13.1 Å². The van der Waals surface area contributed by atoms with E-state index < -0.39 is 5.82 Å². The maximum absolute atomic E-state index is 13.8. The van der Waals surface area contributed by atoms with E-state index in [4.69, 9.17) is 16.3 Å². The first-order valence-corrected chi connectivity index (χ1v) is 7.44. The molecular weight excluding hydrogens is 319 g/mol. The van der Waals surface area contributed by atoms with Gasteiger partial charge in [-0.25, -0.2) is 9.18 Å². The van der Waals surface area contributed by atoms with Crippen molar-refractivity contribution in [1.82, 2.24) is 10.2 Å². The van der Waals surface area contributed by atoms with Gasteiger partial charge in [-0.05, 0) is 18.2 Å². The van der Waals surface area contributed by atoms with Crippen LogP contribution < -0.4 is 10.1 Å². The number of para-hydroxylation sites is 1. The van der Waals surface area contributed by atoms with E-state index in [9.17, 15) is 9.18 Å². The Morgan fingerprint density at radius 3 is 2.70 bits per heavy atom. The number of carbonyl (C=O) groups excluding carboxylic acids is 1. The molecule has 0 bridgehead atoms. The highest BCUT2D eigenvalue weighted by atomic mass is 35.5. The van der Waals surface area contributed by atoms with Gasteiger partial charge < -0.3 is 15.0 Å². The summed E-state index contributed by atoms with van der Waals surface area (Å²) in [6.07, 6.45) is 0. The summed E-state index contributed by atoms with van der Waals surface area (Å²) in [6.45, 7) is 0.404. The Kier molecular flexibility index (Phi) is 5.82. The van der Waals surface area contributed by atoms with Crippen LogP contribution in [0.25, 0.3) is 0 Å². The SMILES string of the molecule is COc1ccccc1CNC(=O)N(C)Cc1c(F)cccc1Cl. The number of carbonyl (C=O) groups is 1. The molecule has 2 aromatic rings. The van der Waals surface area contributed by atoms with E-state index in [1.54, 1.807) is 20.2 Å². The smallest absolute Gasteiger partial charge is 0.317 e. The van der Waals surface area contributed by atoms with Crippen LogP contribution in [-0.4, -0.2) is 25.1 Å². The summed E-state index contributed by atoms with van der Waals surface area (Å²) in [6, 6.07) is 11.5. The Balaban J connectivity index is 1.98. The Morgan fingerprint density at radius 1 is 1.26 bits per heavy atom. The van der Waals surface area contributed by atoms with E-state index >= 15 is 0 Å². The van der Waals surface area contributed by atoms with Gasteiger partial charge in [0, 0.05) is 29.7 Å². The van der Waals surface area contributed by atoms with Crippen LogP contribution >= 0.6 is 11.6 Å².